The van der Waals surface area contributed by atoms with Gasteiger partial charge < -0.3 is 19.5 Å². The second kappa shape index (κ2) is 8.79. The quantitative estimate of drug-likeness (QED) is 0.618. The Labute approximate surface area is 195 Å². The van der Waals surface area contributed by atoms with Crippen LogP contribution < -0.4 is 15.0 Å². The summed E-state index contributed by atoms with van der Waals surface area (Å²) in [5.41, 5.74) is 2.49. The van der Waals surface area contributed by atoms with Crippen LogP contribution in [0.1, 0.15) is 46.9 Å². The summed E-state index contributed by atoms with van der Waals surface area (Å²) in [7, 11) is 3.12. The molecule has 0 bridgehead atoms. The lowest BCUT2D eigenvalue weighted by Crippen LogP contribution is -2.39. The number of ether oxygens (including phenoxy) is 2. The average molecular weight is 470 g/mol. The molecule has 1 aliphatic carbocycles. The summed E-state index contributed by atoms with van der Waals surface area (Å²) in [4.78, 5) is 34.4. The Balaban J connectivity index is 1.36. The summed E-state index contributed by atoms with van der Waals surface area (Å²) in [5.74, 6) is 1.05. The predicted octanol–water partition coefficient (Wildman–Crippen LogP) is 2.82. The van der Waals surface area contributed by atoms with E-state index in [1.165, 1.54) is 4.88 Å². The van der Waals surface area contributed by atoms with Crippen LogP contribution in [0, 0.1) is 0 Å². The maximum atomic E-state index is 13.2. The molecule has 3 heterocycles. The molecule has 174 valence electrons. The third kappa shape index (κ3) is 3.79. The summed E-state index contributed by atoms with van der Waals surface area (Å²) >= 11 is 1.62. The van der Waals surface area contributed by atoms with E-state index in [0.29, 0.717) is 23.6 Å². The van der Waals surface area contributed by atoms with E-state index in [2.05, 4.69) is 4.98 Å². The number of aliphatic hydroxyl groups excluding tert-OH is 1. The highest BCUT2D eigenvalue weighted by Gasteiger charge is 2.32. The number of fused-ring (bicyclic) bond motifs is 4. The van der Waals surface area contributed by atoms with Crippen LogP contribution >= 0.6 is 11.3 Å². The van der Waals surface area contributed by atoms with Crippen molar-refractivity contribution >= 4 is 27.5 Å². The highest BCUT2D eigenvalue weighted by molar-refractivity contribution is 7.18. The number of aryl methyl sites for hydroxylation is 3. The molecule has 3 aromatic rings. The molecule has 2 aromatic heterocycles. The van der Waals surface area contributed by atoms with Gasteiger partial charge in [-0.1, -0.05) is 0 Å². The molecule has 1 aromatic carbocycles. The van der Waals surface area contributed by atoms with Crippen LogP contribution in [0.25, 0.3) is 10.2 Å². The van der Waals surface area contributed by atoms with Crippen molar-refractivity contribution in [3.05, 3.63) is 50.4 Å². The first-order valence-corrected chi connectivity index (χ1v) is 12.0. The lowest BCUT2D eigenvalue weighted by Gasteiger charge is -2.34. The van der Waals surface area contributed by atoms with E-state index in [1.807, 2.05) is 0 Å². The van der Waals surface area contributed by atoms with Crippen molar-refractivity contribution in [1.82, 2.24) is 14.5 Å². The molecule has 1 aliphatic heterocycles. The van der Waals surface area contributed by atoms with E-state index in [9.17, 15) is 14.7 Å². The third-order valence-electron chi connectivity index (χ3n) is 6.65. The largest absolute Gasteiger partial charge is 0.496 e. The van der Waals surface area contributed by atoms with Gasteiger partial charge in [-0.25, -0.2) is 4.98 Å². The molecule has 9 heteroatoms. The zero-order valence-corrected chi connectivity index (χ0v) is 19.6. The fraction of sp³-hybridized carbons (Fsp3) is 0.458. The van der Waals surface area contributed by atoms with Gasteiger partial charge in [-0.15, -0.1) is 11.3 Å². The van der Waals surface area contributed by atoms with Gasteiger partial charge in [-0.2, -0.15) is 0 Å². The summed E-state index contributed by atoms with van der Waals surface area (Å²) in [5, 5.41) is 11.5. The molecule has 0 radical (unpaired) electrons. The predicted molar refractivity (Wildman–Crippen MR) is 125 cm³/mol. The molecule has 2 aliphatic rings. The number of nitrogens with zero attached hydrogens (tertiary/aromatic N) is 3. The van der Waals surface area contributed by atoms with Crippen molar-refractivity contribution in [3.8, 4) is 11.5 Å². The highest BCUT2D eigenvalue weighted by atomic mass is 32.1. The molecule has 0 unspecified atom stereocenters. The van der Waals surface area contributed by atoms with Gasteiger partial charge in [0.2, 0.25) is 5.91 Å². The Hall–Kier alpha value is -2.91. The standard InChI is InChI=1S/C24H27N3O5S/c1-31-17-7-8-18(32-2)21-15(17)11-27(12-16(21)28)20(29)9-10-26-13-25-23-22(24(26)30)14-5-3-4-6-19(14)33-23/h7-8,13,16,28H,3-6,9-12H2,1-2H3/t16-/m1/s1. The number of carbonyl (C=O) groups excluding carboxylic acids is 1. The SMILES string of the molecule is COc1ccc(OC)c2c1CN(C(=O)CCn1cnc3sc4c(c3c1=O)CCCC4)C[C@H]2O. The van der Waals surface area contributed by atoms with Crippen molar-refractivity contribution in [3.63, 3.8) is 0 Å². The zero-order chi connectivity index (χ0) is 23.1. The molecule has 1 N–H and O–H groups in total. The number of hydrogen-bond donors (Lipinski definition) is 1. The number of rotatable bonds is 5. The van der Waals surface area contributed by atoms with Gasteiger partial charge in [-0.3, -0.25) is 14.2 Å². The van der Waals surface area contributed by atoms with Gasteiger partial charge in [0.05, 0.1) is 32.5 Å². The number of benzene rings is 1. The van der Waals surface area contributed by atoms with E-state index >= 15 is 0 Å². The Morgan fingerprint density at radius 2 is 1.94 bits per heavy atom. The lowest BCUT2D eigenvalue weighted by atomic mass is 9.95. The zero-order valence-electron chi connectivity index (χ0n) is 18.8. The summed E-state index contributed by atoms with van der Waals surface area (Å²) in [6.45, 7) is 0.731. The minimum absolute atomic E-state index is 0.0670. The number of hydrogen-bond acceptors (Lipinski definition) is 7. The smallest absolute Gasteiger partial charge is 0.262 e. The average Bonchev–Trinajstić information content (AvgIpc) is 3.22. The normalized spacial score (nSPS) is 17.5. The van der Waals surface area contributed by atoms with Crippen molar-refractivity contribution < 1.29 is 19.4 Å². The van der Waals surface area contributed by atoms with E-state index in [4.69, 9.17) is 9.47 Å². The van der Waals surface area contributed by atoms with E-state index in [-0.39, 0.29) is 31.0 Å². The minimum atomic E-state index is -0.874. The highest BCUT2D eigenvalue weighted by Crippen LogP contribution is 2.39. The van der Waals surface area contributed by atoms with Gasteiger partial charge >= 0.3 is 0 Å². The van der Waals surface area contributed by atoms with Crippen molar-refractivity contribution in [2.24, 2.45) is 0 Å². The Kier molecular flexibility index (Phi) is 5.84. The molecular formula is C24H27N3O5S. The van der Waals surface area contributed by atoms with Gasteiger partial charge in [0.15, 0.2) is 0 Å². The summed E-state index contributed by atoms with van der Waals surface area (Å²) < 4.78 is 12.4. The number of amides is 1. The van der Waals surface area contributed by atoms with E-state index < -0.39 is 6.10 Å². The topological polar surface area (TPSA) is 93.9 Å². The fourth-order valence-corrected chi connectivity index (χ4v) is 6.20. The van der Waals surface area contributed by atoms with Crippen molar-refractivity contribution in [1.29, 1.82) is 0 Å². The number of carbonyl (C=O) groups is 1. The van der Waals surface area contributed by atoms with E-state index in [1.54, 1.807) is 53.5 Å². The number of methoxy groups -OCH3 is 2. The minimum Gasteiger partial charge on any atom is -0.496 e. The maximum Gasteiger partial charge on any atom is 0.262 e. The molecule has 0 saturated carbocycles. The summed E-state index contributed by atoms with van der Waals surface area (Å²) in [6.07, 6.45) is 5.01. The lowest BCUT2D eigenvalue weighted by molar-refractivity contribution is -0.134. The van der Waals surface area contributed by atoms with Gasteiger partial charge in [-0.05, 0) is 43.4 Å². The first kappa shape index (κ1) is 21.9. The fourth-order valence-electron chi connectivity index (χ4n) is 4.98. The van der Waals surface area contributed by atoms with Crippen LogP contribution in [0.5, 0.6) is 11.5 Å². The number of aliphatic hydroxyl groups is 1. The third-order valence-corrected chi connectivity index (χ3v) is 7.85. The molecule has 0 saturated heterocycles. The van der Waals surface area contributed by atoms with E-state index in [0.717, 1.165) is 47.0 Å². The molecule has 5 rings (SSSR count). The Bertz CT molecular complexity index is 1280. The maximum absolute atomic E-state index is 13.2. The number of thiophene rings is 1. The van der Waals surface area contributed by atoms with Crippen molar-refractivity contribution in [2.45, 2.75) is 51.3 Å². The second-order valence-electron chi connectivity index (χ2n) is 8.54. The van der Waals surface area contributed by atoms with Crippen LogP contribution in [0.3, 0.4) is 0 Å². The van der Waals surface area contributed by atoms with Gasteiger partial charge in [0.25, 0.3) is 5.56 Å². The van der Waals surface area contributed by atoms with Gasteiger partial charge in [0.1, 0.15) is 22.4 Å². The first-order chi connectivity index (χ1) is 16.0. The molecule has 0 fully saturated rings. The van der Waals surface area contributed by atoms with Crippen LogP contribution in [0.15, 0.2) is 23.3 Å². The molecule has 33 heavy (non-hydrogen) atoms. The Morgan fingerprint density at radius 1 is 1.18 bits per heavy atom. The molecule has 8 nitrogen and oxygen atoms in total. The molecule has 1 atom stereocenters. The summed E-state index contributed by atoms with van der Waals surface area (Å²) in [6, 6.07) is 3.54. The monoisotopic (exact) mass is 469 g/mol. The number of aromatic nitrogens is 2. The van der Waals surface area contributed by atoms with Crippen molar-refractivity contribution in [2.75, 3.05) is 20.8 Å². The second-order valence-corrected chi connectivity index (χ2v) is 9.62. The van der Waals surface area contributed by atoms with Gasteiger partial charge in [0, 0.05) is 35.5 Å². The van der Waals surface area contributed by atoms with Crippen LogP contribution in [0.4, 0.5) is 0 Å². The first-order valence-electron chi connectivity index (χ1n) is 11.2. The molecule has 0 spiro atoms. The van der Waals surface area contributed by atoms with Crippen LogP contribution in [0.2, 0.25) is 0 Å². The molecule has 1 amide bonds. The van der Waals surface area contributed by atoms with Crippen LogP contribution in [-0.2, 0) is 30.7 Å². The Morgan fingerprint density at radius 3 is 2.73 bits per heavy atom. The van der Waals surface area contributed by atoms with Crippen LogP contribution in [-0.4, -0.2) is 46.2 Å². The number of β-amino-alcohol motifs (C(OH)–C–C–N with tert-alkyl or cyclic N) is 1. The molecular weight excluding hydrogens is 442 g/mol.